The van der Waals surface area contributed by atoms with Crippen LogP contribution in [0.25, 0.3) is 10.9 Å². The highest BCUT2D eigenvalue weighted by Gasteiger charge is 2.31. The molecule has 1 aliphatic heterocycles. The smallest absolute Gasteiger partial charge is 0.340 e. The lowest BCUT2D eigenvalue weighted by atomic mass is 10.0. The fraction of sp³-hybridized carbons (Fsp3) is 0.318. The van der Waals surface area contributed by atoms with Gasteiger partial charge in [-0.3, -0.25) is 14.2 Å². The minimum atomic E-state index is -4.44. The molecule has 2 aromatic carbocycles. The molecule has 5 nitrogen and oxygen atoms in total. The average molecular weight is 415 g/mol. The number of aromatic nitrogens is 2. The SMILES string of the molecule is O=C(Cc1cccc(C(F)(F)F)c1)N1CCC[C@@H](n2cnc3ccccc3c2=O)C1. The third-order valence-corrected chi connectivity index (χ3v) is 5.44. The first-order valence-corrected chi connectivity index (χ1v) is 9.73. The number of nitrogens with zero attached hydrogens (tertiary/aromatic N) is 3. The van der Waals surface area contributed by atoms with Crippen molar-refractivity contribution in [3.63, 3.8) is 0 Å². The number of halogens is 3. The molecule has 0 aliphatic carbocycles. The van der Waals surface area contributed by atoms with Crippen molar-refractivity contribution in [2.75, 3.05) is 13.1 Å². The number of carbonyl (C=O) groups is 1. The van der Waals surface area contributed by atoms with Crippen molar-refractivity contribution in [2.45, 2.75) is 31.5 Å². The van der Waals surface area contributed by atoms with Crippen LogP contribution in [0, 0.1) is 0 Å². The fourth-order valence-electron chi connectivity index (χ4n) is 3.90. The molecule has 0 N–H and O–H groups in total. The number of hydrogen-bond acceptors (Lipinski definition) is 3. The van der Waals surface area contributed by atoms with E-state index in [-0.39, 0.29) is 23.9 Å². The summed E-state index contributed by atoms with van der Waals surface area (Å²) in [6.07, 6.45) is -1.61. The molecule has 3 aromatic rings. The lowest BCUT2D eigenvalue weighted by Crippen LogP contribution is -2.43. The molecule has 8 heteroatoms. The molecule has 4 rings (SSSR count). The van der Waals surface area contributed by atoms with Crippen molar-refractivity contribution in [1.29, 1.82) is 0 Å². The summed E-state index contributed by atoms with van der Waals surface area (Å²) in [5.74, 6) is -0.249. The predicted octanol–water partition coefficient (Wildman–Crippen LogP) is 3.82. The Bertz CT molecular complexity index is 1140. The van der Waals surface area contributed by atoms with Gasteiger partial charge in [0, 0.05) is 13.1 Å². The van der Waals surface area contributed by atoms with Gasteiger partial charge in [0.15, 0.2) is 0 Å². The maximum Gasteiger partial charge on any atom is 0.416 e. The minimum Gasteiger partial charge on any atom is -0.340 e. The Morgan fingerprint density at radius 2 is 1.93 bits per heavy atom. The number of para-hydroxylation sites is 1. The van der Waals surface area contributed by atoms with Gasteiger partial charge in [0.05, 0.1) is 35.3 Å². The van der Waals surface area contributed by atoms with E-state index in [4.69, 9.17) is 0 Å². The Kier molecular flexibility index (Phi) is 5.32. The van der Waals surface area contributed by atoms with E-state index in [1.807, 2.05) is 6.07 Å². The Balaban J connectivity index is 1.51. The molecule has 1 aliphatic rings. The number of rotatable bonds is 3. The number of amides is 1. The zero-order valence-electron chi connectivity index (χ0n) is 16.1. The zero-order valence-corrected chi connectivity index (χ0v) is 16.1. The second-order valence-electron chi connectivity index (χ2n) is 7.48. The van der Waals surface area contributed by atoms with E-state index >= 15 is 0 Å². The maximum absolute atomic E-state index is 12.9. The monoisotopic (exact) mass is 415 g/mol. The summed E-state index contributed by atoms with van der Waals surface area (Å²) >= 11 is 0. The highest BCUT2D eigenvalue weighted by Crippen LogP contribution is 2.30. The van der Waals surface area contributed by atoms with Gasteiger partial charge in [-0.2, -0.15) is 13.2 Å². The molecule has 30 heavy (non-hydrogen) atoms. The standard InChI is InChI=1S/C22H20F3N3O2/c23-22(24,25)16-6-3-5-15(11-16)12-20(29)27-10-4-7-17(13-27)28-14-26-19-9-2-1-8-18(19)21(28)30/h1-3,5-6,8-9,11,14,17H,4,7,10,12-13H2/t17-/m1/s1. The maximum atomic E-state index is 12.9. The number of likely N-dealkylation sites (tertiary alicyclic amines) is 1. The molecule has 0 radical (unpaired) electrons. The number of carbonyl (C=O) groups excluding carboxylic acids is 1. The van der Waals surface area contributed by atoms with E-state index in [1.54, 1.807) is 27.7 Å². The Hall–Kier alpha value is -3.16. The minimum absolute atomic E-state index is 0.110. The van der Waals surface area contributed by atoms with Crippen LogP contribution in [0.5, 0.6) is 0 Å². The third-order valence-electron chi connectivity index (χ3n) is 5.44. The molecule has 2 heterocycles. The average Bonchev–Trinajstić information content (AvgIpc) is 2.74. The summed E-state index contributed by atoms with van der Waals surface area (Å²) in [7, 11) is 0. The topological polar surface area (TPSA) is 55.2 Å². The van der Waals surface area contributed by atoms with Gasteiger partial charge in [0.25, 0.3) is 5.56 Å². The van der Waals surface area contributed by atoms with Gasteiger partial charge in [-0.05, 0) is 36.6 Å². The zero-order chi connectivity index (χ0) is 21.3. The summed E-state index contributed by atoms with van der Waals surface area (Å²) in [5.41, 5.74) is 0.0180. The summed E-state index contributed by atoms with van der Waals surface area (Å²) in [5, 5.41) is 0.521. The quantitative estimate of drug-likeness (QED) is 0.654. The number of piperidine rings is 1. The van der Waals surface area contributed by atoms with E-state index in [1.165, 1.54) is 18.5 Å². The van der Waals surface area contributed by atoms with Crippen LogP contribution < -0.4 is 5.56 Å². The van der Waals surface area contributed by atoms with Crippen LogP contribution in [0.15, 0.2) is 59.7 Å². The fourth-order valence-corrected chi connectivity index (χ4v) is 3.90. The van der Waals surface area contributed by atoms with E-state index < -0.39 is 11.7 Å². The first-order valence-electron chi connectivity index (χ1n) is 9.73. The molecule has 0 unspecified atom stereocenters. The van der Waals surface area contributed by atoms with Crippen LogP contribution in [-0.4, -0.2) is 33.4 Å². The van der Waals surface area contributed by atoms with Gasteiger partial charge in [0.2, 0.25) is 5.91 Å². The molecule has 0 spiro atoms. The van der Waals surface area contributed by atoms with E-state index in [9.17, 15) is 22.8 Å². The lowest BCUT2D eigenvalue weighted by molar-refractivity contribution is -0.138. The van der Waals surface area contributed by atoms with Crippen molar-refractivity contribution in [2.24, 2.45) is 0 Å². The van der Waals surface area contributed by atoms with Gasteiger partial charge in [0.1, 0.15) is 0 Å². The van der Waals surface area contributed by atoms with Gasteiger partial charge in [-0.25, -0.2) is 4.98 Å². The van der Waals surface area contributed by atoms with Crippen molar-refractivity contribution < 1.29 is 18.0 Å². The van der Waals surface area contributed by atoms with Crippen LogP contribution in [0.1, 0.15) is 30.0 Å². The largest absolute Gasteiger partial charge is 0.416 e. The van der Waals surface area contributed by atoms with Crippen molar-refractivity contribution in [3.05, 3.63) is 76.3 Å². The molecule has 1 atom stereocenters. The van der Waals surface area contributed by atoms with Gasteiger partial charge >= 0.3 is 6.18 Å². The number of fused-ring (bicyclic) bond motifs is 1. The molecular weight excluding hydrogens is 395 g/mol. The Labute approximate surface area is 170 Å². The molecule has 1 amide bonds. The predicted molar refractivity (Wildman–Crippen MR) is 106 cm³/mol. The van der Waals surface area contributed by atoms with Gasteiger partial charge in [-0.1, -0.05) is 30.3 Å². The number of benzene rings is 2. The number of hydrogen-bond donors (Lipinski definition) is 0. The molecule has 0 bridgehead atoms. The molecule has 0 saturated carbocycles. The van der Waals surface area contributed by atoms with Gasteiger partial charge in [-0.15, -0.1) is 0 Å². The summed E-state index contributed by atoms with van der Waals surface area (Å²) in [6, 6.07) is 11.7. The van der Waals surface area contributed by atoms with Crippen LogP contribution in [-0.2, 0) is 17.4 Å². The third kappa shape index (κ3) is 4.08. The van der Waals surface area contributed by atoms with Crippen molar-refractivity contribution in [1.82, 2.24) is 14.5 Å². The Morgan fingerprint density at radius 3 is 2.73 bits per heavy atom. The van der Waals surface area contributed by atoms with Crippen LogP contribution in [0.4, 0.5) is 13.2 Å². The highest BCUT2D eigenvalue weighted by atomic mass is 19.4. The van der Waals surface area contributed by atoms with Crippen LogP contribution in [0.3, 0.4) is 0 Å². The van der Waals surface area contributed by atoms with Crippen molar-refractivity contribution >= 4 is 16.8 Å². The molecule has 1 fully saturated rings. The van der Waals surface area contributed by atoms with Crippen molar-refractivity contribution in [3.8, 4) is 0 Å². The molecule has 156 valence electrons. The summed E-state index contributed by atoms with van der Waals surface area (Å²) in [4.78, 5) is 31.5. The lowest BCUT2D eigenvalue weighted by Gasteiger charge is -2.33. The molecule has 1 saturated heterocycles. The number of alkyl halides is 3. The first-order chi connectivity index (χ1) is 14.3. The second-order valence-corrected chi connectivity index (χ2v) is 7.48. The summed E-state index contributed by atoms with van der Waals surface area (Å²) in [6.45, 7) is 0.849. The summed E-state index contributed by atoms with van der Waals surface area (Å²) < 4.78 is 40.3. The second kappa shape index (κ2) is 7.93. The highest BCUT2D eigenvalue weighted by molar-refractivity contribution is 5.79. The van der Waals surface area contributed by atoms with Gasteiger partial charge < -0.3 is 4.90 Å². The van der Waals surface area contributed by atoms with E-state index in [0.717, 1.165) is 18.6 Å². The van der Waals surface area contributed by atoms with Crippen LogP contribution >= 0.6 is 0 Å². The van der Waals surface area contributed by atoms with Crippen LogP contribution in [0.2, 0.25) is 0 Å². The Morgan fingerprint density at radius 1 is 1.13 bits per heavy atom. The van der Waals surface area contributed by atoms with E-state index in [2.05, 4.69) is 4.98 Å². The normalized spacial score (nSPS) is 17.3. The first kappa shape index (κ1) is 20.1. The molecular formula is C22H20F3N3O2. The molecule has 1 aromatic heterocycles. The van der Waals surface area contributed by atoms with E-state index in [0.29, 0.717) is 36.0 Å².